The Kier molecular flexibility index (Phi) is 7.25. The van der Waals surface area contributed by atoms with Crippen molar-refractivity contribution in [2.45, 2.75) is 60.0 Å². The van der Waals surface area contributed by atoms with Crippen molar-refractivity contribution in [1.82, 2.24) is 10.2 Å². The molecule has 20 heavy (non-hydrogen) atoms. The van der Waals surface area contributed by atoms with Gasteiger partial charge in [0, 0.05) is 18.6 Å². The van der Waals surface area contributed by atoms with Crippen LogP contribution in [0.1, 0.15) is 56.8 Å². The highest BCUT2D eigenvalue weighted by molar-refractivity contribution is 5.32. The van der Waals surface area contributed by atoms with Gasteiger partial charge in [0.25, 0.3) is 0 Å². The Morgan fingerprint density at radius 2 is 1.80 bits per heavy atom. The van der Waals surface area contributed by atoms with E-state index in [4.69, 9.17) is 0 Å². The van der Waals surface area contributed by atoms with Crippen LogP contribution >= 0.6 is 0 Å². The van der Waals surface area contributed by atoms with Gasteiger partial charge in [0.2, 0.25) is 0 Å². The maximum Gasteiger partial charge on any atom is 0.0449 e. The third kappa shape index (κ3) is 4.92. The molecular formula is C18H32N2. The molecule has 1 rings (SSSR count). The molecule has 1 N–H and O–H groups in total. The predicted molar refractivity (Wildman–Crippen MR) is 89.3 cm³/mol. The third-order valence-corrected chi connectivity index (χ3v) is 4.04. The van der Waals surface area contributed by atoms with Gasteiger partial charge in [-0.25, -0.2) is 0 Å². The first kappa shape index (κ1) is 17.2. The second-order valence-electron chi connectivity index (χ2n) is 6.04. The summed E-state index contributed by atoms with van der Waals surface area (Å²) < 4.78 is 0. The van der Waals surface area contributed by atoms with E-state index >= 15 is 0 Å². The molecule has 0 fully saturated rings. The van der Waals surface area contributed by atoms with Crippen LogP contribution in [0.25, 0.3) is 0 Å². The predicted octanol–water partition coefficient (Wildman–Crippen LogP) is 4.07. The first-order valence-corrected chi connectivity index (χ1v) is 8.04. The van der Waals surface area contributed by atoms with E-state index in [1.807, 2.05) is 0 Å². The van der Waals surface area contributed by atoms with Gasteiger partial charge in [-0.2, -0.15) is 0 Å². The van der Waals surface area contributed by atoms with Crippen LogP contribution in [0.4, 0.5) is 0 Å². The molecule has 2 nitrogen and oxygen atoms in total. The topological polar surface area (TPSA) is 15.3 Å². The molecule has 0 saturated heterocycles. The maximum atomic E-state index is 3.65. The molecule has 0 aliphatic heterocycles. The monoisotopic (exact) mass is 276 g/mol. The fourth-order valence-electron chi connectivity index (χ4n) is 2.60. The largest absolute Gasteiger partial charge is 0.309 e. The van der Waals surface area contributed by atoms with Crippen molar-refractivity contribution in [3.63, 3.8) is 0 Å². The Hall–Kier alpha value is -0.860. The Bertz CT molecular complexity index is 398. The summed E-state index contributed by atoms with van der Waals surface area (Å²) in [6.07, 6.45) is 1.21. The number of rotatable bonds is 8. The molecule has 0 radical (unpaired) electrons. The average molecular weight is 276 g/mol. The van der Waals surface area contributed by atoms with E-state index in [1.165, 1.54) is 29.7 Å². The number of benzene rings is 1. The van der Waals surface area contributed by atoms with E-state index in [1.54, 1.807) is 0 Å². The molecule has 1 unspecified atom stereocenters. The molecule has 1 atom stereocenters. The van der Waals surface area contributed by atoms with Gasteiger partial charge >= 0.3 is 0 Å². The van der Waals surface area contributed by atoms with Gasteiger partial charge in [-0.1, -0.05) is 32.0 Å². The minimum atomic E-state index is 0.424. The Balaban J connectivity index is 2.89. The van der Waals surface area contributed by atoms with Crippen molar-refractivity contribution in [2.24, 2.45) is 0 Å². The molecule has 1 aromatic rings. The highest BCUT2D eigenvalue weighted by Crippen LogP contribution is 2.19. The van der Waals surface area contributed by atoms with Gasteiger partial charge in [0.15, 0.2) is 0 Å². The molecule has 0 aliphatic carbocycles. The maximum absolute atomic E-state index is 3.65. The lowest BCUT2D eigenvalue weighted by molar-refractivity contribution is 0.198. The second-order valence-corrected chi connectivity index (χ2v) is 6.04. The SMILES string of the molecule is CCCN(CC(NCC)c1ccc(C)c(C)c1)C(C)C. The molecule has 0 spiro atoms. The zero-order chi connectivity index (χ0) is 15.1. The first-order valence-electron chi connectivity index (χ1n) is 8.04. The normalized spacial score (nSPS) is 13.2. The van der Waals surface area contributed by atoms with Gasteiger partial charge in [-0.3, -0.25) is 4.90 Å². The van der Waals surface area contributed by atoms with Crippen molar-refractivity contribution in [3.05, 3.63) is 34.9 Å². The summed E-state index contributed by atoms with van der Waals surface area (Å²) in [4.78, 5) is 2.57. The van der Waals surface area contributed by atoms with Crippen LogP contribution < -0.4 is 5.32 Å². The van der Waals surface area contributed by atoms with E-state index in [9.17, 15) is 0 Å². The summed E-state index contributed by atoms with van der Waals surface area (Å²) in [5, 5.41) is 3.65. The van der Waals surface area contributed by atoms with Crippen molar-refractivity contribution in [1.29, 1.82) is 0 Å². The lowest BCUT2D eigenvalue weighted by Crippen LogP contribution is -2.39. The van der Waals surface area contributed by atoms with Crippen LogP contribution in [0.3, 0.4) is 0 Å². The minimum absolute atomic E-state index is 0.424. The van der Waals surface area contributed by atoms with Crippen LogP contribution in [0.5, 0.6) is 0 Å². The fraction of sp³-hybridized carbons (Fsp3) is 0.667. The second kappa shape index (κ2) is 8.43. The summed E-state index contributed by atoms with van der Waals surface area (Å²) in [5.41, 5.74) is 4.17. The average Bonchev–Trinajstić information content (AvgIpc) is 2.40. The summed E-state index contributed by atoms with van der Waals surface area (Å²) in [5.74, 6) is 0. The van der Waals surface area contributed by atoms with Crippen LogP contribution in [-0.2, 0) is 0 Å². The minimum Gasteiger partial charge on any atom is -0.309 e. The molecule has 0 heterocycles. The fourth-order valence-corrected chi connectivity index (χ4v) is 2.60. The van der Waals surface area contributed by atoms with Crippen molar-refractivity contribution in [3.8, 4) is 0 Å². The van der Waals surface area contributed by atoms with Gasteiger partial charge in [-0.15, -0.1) is 0 Å². The number of hydrogen-bond acceptors (Lipinski definition) is 2. The molecule has 2 heteroatoms. The van der Waals surface area contributed by atoms with Gasteiger partial charge in [0.05, 0.1) is 0 Å². The molecule has 0 saturated carbocycles. The van der Waals surface area contributed by atoms with E-state index in [0.717, 1.165) is 13.1 Å². The highest BCUT2D eigenvalue weighted by atomic mass is 15.2. The molecule has 1 aromatic carbocycles. The van der Waals surface area contributed by atoms with Crippen molar-refractivity contribution in [2.75, 3.05) is 19.6 Å². The lowest BCUT2D eigenvalue weighted by Gasteiger charge is -2.31. The zero-order valence-electron chi connectivity index (χ0n) is 14.2. The van der Waals surface area contributed by atoms with Crippen LogP contribution in [-0.4, -0.2) is 30.6 Å². The molecule has 0 aromatic heterocycles. The van der Waals surface area contributed by atoms with Gasteiger partial charge < -0.3 is 5.32 Å². The summed E-state index contributed by atoms with van der Waals surface area (Å²) in [7, 11) is 0. The molecule has 0 aliphatic rings. The molecule has 114 valence electrons. The Labute approximate surface area is 125 Å². The lowest BCUT2D eigenvalue weighted by atomic mass is 10.00. The molecule has 0 bridgehead atoms. The zero-order valence-corrected chi connectivity index (χ0v) is 14.2. The van der Waals surface area contributed by atoms with Crippen LogP contribution in [0, 0.1) is 13.8 Å². The number of aryl methyl sites for hydroxylation is 2. The number of nitrogens with zero attached hydrogens (tertiary/aromatic N) is 1. The van der Waals surface area contributed by atoms with Gasteiger partial charge in [0.1, 0.15) is 0 Å². The molecular weight excluding hydrogens is 244 g/mol. The smallest absolute Gasteiger partial charge is 0.0449 e. The molecule has 0 amide bonds. The van der Waals surface area contributed by atoms with Crippen molar-refractivity contribution >= 4 is 0 Å². The Morgan fingerprint density at radius 3 is 2.30 bits per heavy atom. The highest BCUT2D eigenvalue weighted by Gasteiger charge is 2.17. The third-order valence-electron chi connectivity index (χ3n) is 4.04. The number of nitrogens with one attached hydrogen (secondary N) is 1. The van der Waals surface area contributed by atoms with E-state index in [0.29, 0.717) is 12.1 Å². The Morgan fingerprint density at radius 1 is 1.10 bits per heavy atom. The summed E-state index contributed by atoms with van der Waals surface area (Å²) >= 11 is 0. The summed E-state index contributed by atoms with van der Waals surface area (Å²) in [6, 6.07) is 7.89. The number of hydrogen-bond donors (Lipinski definition) is 1. The van der Waals surface area contributed by atoms with E-state index in [2.05, 4.69) is 70.0 Å². The van der Waals surface area contributed by atoms with E-state index < -0.39 is 0 Å². The number of likely N-dealkylation sites (N-methyl/N-ethyl adjacent to an activating group) is 1. The van der Waals surface area contributed by atoms with Crippen LogP contribution in [0.15, 0.2) is 18.2 Å². The van der Waals surface area contributed by atoms with Gasteiger partial charge in [-0.05, 0) is 63.9 Å². The summed E-state index contributed by atoms with van der Waals surface area (Å²) in [6.45, 7) is 16.7. The first-order chi connectivity index (χ1) is 9.49. The quantitative estimate of drug-likeness (QED) is 0.770. The van der Waals surface area contributed by atoms with E-state index in [-0.39, 0.29) is 0 Å². The van der Waals surface area contributed by atoms with Crippen LogP contribution in [0.2, 0.25) is 0 Å². The van der Waals surface area contributed by atoms with Crippen molar-refractivity contribution < 1.29 is 0 Å². The standard InChI is InChI=1S/C18H32N2/c1-7-11-20(14(3)4)13-18(19-8-2)17-10-9-15(5)16(6)12-17/h9-10,12,14,18-19H,7-8,11,13H2,1-6H3.